The van der Waals surface area contributed by atoms with Gasteiger partial charge in [0.2, 0.25) is 10.0 Å². The highest BCUT2D eigenvalue weighted by Crippen LogP contribution is 2.35. The summed E-state index contributed by atoms with van der Waals surface area (Å²) in [6, 6.07) is 8.48. The Morgan fingerprint density at radius 3 is 2.94 bits per heavy atom. The minimum Gasteiger partial charge on any atom is -0.309 e. The van der Waals surface area contributed by atoms with Gasteiger partial charge in [-0.25, -0.2) is 13.6 Å². The van der Waals surface area contributed by atoms with Crippen LogP contribution in [0.25, 0.3) is 0 Å². The number of nitrogens with one attached hydrogen (secondary N) is 1. The van der Waals surface area contributed by atoms with E-state index in [2.05, 4.69) is 17.4 Å². The van der Waals surface area contributed by atoms with Crippen LogP contribution in [-0.4, -0.2) is 26.5 Å². The van der Waals surface area contributed by atoms with E-state index < -0.39 is 10.0 Å². The number of primary sulfonamides is 1. The van der Waals surface area contributed by atoms with Gasteiger partial charge in [0.05, 0.1) is 5.75 Å². The monoisotopic (exact) mass is 272 g/mol. The molecule has 1 heterocycles. The molecule has 1 aromatic rings. The van der Waals surface area contributed by atoms with Gasteiger partial charge in [0.25, 0.3) is 0 Å². The molecule has 2 rings (SSSR count). The summed E-state index contributed by atoms with van der Waals surface area (Å²) < 4.78 is 21.7. The zero-order chi connectivity index (χ0) is 12.3. The summed E-state index contributed by atoms with van der Waals surface area (Å²) in [6.45, 7) is 0.405. The molecule has 1 aromatic carbocycles. The van der Waals surface area contributed by atoms with Gasteiger partial charge in [0.15, 0.2) is 0 Å². The number of rotatable bonds is 4. The molecular formula is C11H16N2O2S2. The maximum absolute atomic E-state index is 10.9. The lowest BCUT2D eigenvalue weighted by atomic mass is 10.0. The van der Waals surface area contributed by atoms with Crippen LogP contribution in [0.4, 0.5) is 0 Å². The molecule has 0 amide bonds. The second-order valence-corrected chi connectivity index (χ2v) is 6.92. The lowest BCUT2D eigenvalue weighted by Crippen LogP contribution is -2.31. The van der Waals surface area contributed by atoms with Crippen LogP contribution >= 0.6 is 11.8 Å². The third-order valence-electron chi connectivity index (χ3n) is 2.74. The molecule has 0 spiro atoms. The van der Waals surface area contributed by atoms with Gasteiger partial charge in [-0.1, -0.05) is 18.2 Å². The number of nitrogens with two attached hydrogens (primary N) is 1. The molecule has 6 heteroatoms. The van der Waals surface area contributed by atoms with Crippen molar-refractivity contribution in [2.24, 2.45) is 5.14 Å². The first-order chi connectivity index (χ1) is 8.06. The Morgan fingerprint density at radius 1 is 1.41 bits per heavy atom. The van der Waals surface area contributed by atoms with Crippen LogP contribution in [0.1, 0.15) is 18.0 Å². The minimum absolute atomic E-state index is 0.0151. The number of fused-ring (bicyclic) bond motifs is 1. The topological polar surface area (TPSA) is 72.2 Å². The molecule has 0 radical (unpaired) electrons. The van der Waals surface area contributed by atoms with Crippen LogP contribution in [0, 0.1) is 0 Å². The molecule has 0 fully saturated rings. The number of benzene rings is 1. The largest absolute Gasteiger partial charge is 0.309 e. The van der Waals surface area contributed by atoms with Gasteiger partial charge < -0.3 is 5.32 Å². The fourth-order valence-electron chi connectivity index (χ4n) is 1.93. The predicted molar refractivity (Wildman–Crippen MR) is 70.5 cm³/mol. The highest BCUT2D eigenvalue weighted by molar-refractivity contribution is 7.99. The third-order valence-corrected chi connectivity index (χ3v) is 4.63. The van der Waals surface area contributed by atoms with Crippen molar-refractivity contribution >= 4 is 21.8 Å². The second-order valence-electron chi connectivity index (χ2n) is 4.05. The highest BCUT2D eigenvalue weighted by atomic mass is 32.2. The predicted octanol–water partition coefficient (Wildman–Crippen LogP) is 1.10. The quantitative estimate of drug-likeness (QED) is 0.861. The molecule has 1 aliphatic rings. The van der Waals surface area contributed by atoms with Crippen LogP contribution in [-0.2, 0) is 10.0 Å². The van der Waals surface area contributed by atoms with E-state index in [1.54, 1.807) is 0 Å². The zero-order valence-electron chi connectivity index (χ0n) is 9.43. The van der Waals surface area contributed by atoms with Crippen LogP contribution in [0.3, 0.4) is 0 Å². The summed E-state index contributed by atoms with van der Waals surface area (Å²) in [5.74, 6) is 1.04. The smallest absolute Gasteiger partial charge is 0.210 e. The molecular weight excluding hydrogens is 256 g/mol. The molecule has 0 aromatic heterocycles. The normalized spacial score (nSPS) is 19.9. The Morgan fingerprint density at radius 2 is 2.18 bits per heavy atom. The van der Waals surface area contributed by atoms with E-state index in [0.29, 0.717) is 6.54 Å². The van der Waals surface area contributed by atoms with Gasteiger partial charge in [0, 0.05) is 17.5 Å². The van der Waals surface area contributed by atoms with Crippen molar-refractivity contribution in [2.45, 2.75) is 17.4 Å². The van der Waals surface area contributed by atoms with E-state index >= 15 is 0 Å². The van der Waals surface area contributed by atoms with Gasteiger partial charge in [-0.3, -0.25) is 0 Å². The van der Waals surface area contributed by atoms with E-state index in [1.807, 2.05) is 23.9 Å². The average Bonchev–Trinajstić information content (AvgIpc) is 2.28. The first-order valence-electron chi connectivity index (χ1n) is 5.52. The standard InChI is InChI=1S/C11H16N2O2S2/c12-17(14,15)8-6-13-10-5-7-16-11-4-2-1-3-9(10)11/h1-4,10,13H,5-8H2,(H2,12,14,15). The van der Waals surface area contributed by atoms with Gasteiger partial charge in [0.1, 0.15) is 0 Å². The Kier molecular flexibility index (Phi) is 4.09. The Balaban J connectivity index is 1.99. The van der Waals surface area contributed by atoms with Gasteiger partial charge >= 0.3 is 0 Å². The number of hydrogen-bond acceptors (Lipinski definition) is 4. The van der Waals surface area contributed by atoms with E-state index in [9.17, 15) is 8.42 Å². The van der Waals surface area contributed by atoms with Crippen molar-refractivity contribution in [1.82, 2.24) is 5.32 Å². The summed E-state index contributed by atoms with van der Waals surface area (Å²) in [4.78, 5) is 1.28. The summed E-state index contributed by atoms with van der Waals surface area (Å²) in [6.07, 6.45) is 1.02. The van der Waals surface area contributed by atoms with Gasteiger partial charge in [-0.2, -0.15) is 0 Å². The number of sulfonamides is 1. The summed E-state index contributed by atoms with van der Waals surface area (Å²) in [7, 11) is -3.37. The van der Waals surface area contributed by atoms with Gasteiger partial charge in [-0.15, -0.1) is 11.8 Å². The van der Waals surface area contributed by atoms with Crippen molar-refractivity contribution in [1.29, 1.82) is 0 Å². The van der Waals surface area contributed by atoms with E-state index in [1.165, 1.54) is 10.5 Å². The Hall–Kier alpha value is -0.560. The molecule has 4 nitrogen and oxygen atoms in total. The van der Waals surface area contributed by atoms with Crippen molar-refractivity contribution < 1.29 is 8.42 Å². The van der Waals surface area contributed by atoms with Crippen LogP contribution in [0.5, 0.6) is 0 Å². The molecule has 1 aliphatic heterocycles. The summed E-state index contributed by atoms with van der Waals surface area (Å²) >= 11 is 1.85. The second kappa shape index (κ2) is 5.39. The van der Waals surface area contributed by atoms with Crippen molar-refractivity contribution in [2.75, 3.05) is 18.1 Å². The molecule has 0 saturated carbocycles. The SMILES string of the molecule is NS(=O)(=O)CCNC1CCSc2ccccc21. The summed E-state index contributed by atoms with van der Waals surface area (Å²) in [5.41, 5.74) is 1.26. The van der Waals surface area contributed by atoms with Crippen LogP contribution < -0.4 is 10.5 Å². The molecule has 0 aliphatic carbocycles. The van der Waals surface area contributed by atoms with E-state index in [4.69, 9.17) is 5.14 Å². The highest BCUT2D eigenvalue weighted by Gasteiger charge is 2.19. The van der Waals surface area contributed by atoms with Crippen molar-refractivity contribution in [3.8, 4) is 0 Å². The van der Waals surface area contributed by atoms with Crippen molar-refractivity contribution in [3.05, 3.63) is 29.8 Å². The van der Waals surface area contributed by atoms with E-state index in [0.717, 1.165) is 12.2 Å². The molecule has 3 N–H and O–H groups in total. The number of hydrogen-bond donors (Lipinski definition) is 2. The molecule has 17 heavy (non-hydrogen) atoms. The maximum atomic E-state index is 10.9. The van der Waals surface area contributed by atoms with Gasteiger partial charge in [-0.05, 0) is 23.8 Å². The molecule has 1 atom stereocenters. The maximum Gasteiger partial charge on any atom is 0.210 e. The summed E-state index contributed by atoms with van der Waals surface area (Å²) in [5, 5.41) is 8.24. The third kappa shape index (κ3) is 3.70. The number of thioether (sulfide) groups is 1. The molecule has 0 bridgehead atoms. The van der Waals surface area contributed by atoms with Crippen molar-refractivity contribution in [3.63, 3.8) is 0 Å². The zero-order valence-corrected chi connectivity index (χ0v) is 11.1. The lowest BCUT2D eigenvalue weighted by molar-refractivity contribution is 0.523. The first kappa shape index (κ1) is 12.9. The Bertz CT molecular complexity index is 488. The van der Waals surface area contributed by atoms with E-state index in [-0.39, 0.29) is 11.8 Å². The fourth-order valence-corrected chi connectivity index (χ4v) is 3.46. The first-order valence-corrected chi connectivity index (χ1v) is 8.22. The van der Waals surface area contributed by atoms with Crippen LogP contribution in [0.15, 0.2) is 29.2 Å². The molecule has 94 valence electrons. The minimum atomic E-state index is -3.37. The average molecular weight is 272 g/mol. The lowest BCUT2D eigenvalue weighted by Gasteiger charge is -2.25. The molecule has 1 unspecified atom stereocenters. The molecule has 0 saturated heterocycles. The Labute approximate surface area is 106 Å². The fraction of sp³-hybridized carbons (Fsp3) is 0.455. The van der Waals surface area contributed by atoms with Crippen LogP contribution in [0.2, 0.25) is 0 Å².